The van der Waals surface area contributed by atoms with Gasteiger partial charge in [0.05, 0.1) is 23.1 Å². The number of para-hydroxylation sites is 3. The highest BCUT2D eigenvalue weighted by atomic mass is 16.5. The zero-order valence-electron chi connectivity index (χ0n) is 26.2. The van der Waals surface area contributed by atoms with Crippen LogP contribution in [0.25, 0.3) is 22.5 Å². The van der Waals surface area contributed by atoms with Crippen LogP contribution in [-0.2, 0) is 0 Å². The van der Waals surface area contributed by atoms with Crippen LogP contribution in [-0.4, -0.2) is 22.3 Å². The molecular formula is C41H36N4O2. The Morgan fingerprint density at radius 1 is 0.766 bits per heavy atom. The third-order valence-corrected chi connectivity index (χ3v) is 7.64. The van der Waals surface area contributed by atoms with E-state index in [0.717, 1.165) is 39.7 Å². The Morgan fingerprint density at radius 3 is 2.06 bits per heavy atom. The van der Waals surface area contributed by atoms with Gasteiger partial charge in [0.2, 0.25) is 0 Å². The van der Waals surface area contributed by atoms with Crippen LogP contribution in [0.5, 0.6) is 11.5 Å². The van der Waals surface area contributed by atoms with Gasteiger partial charge in [-0.15, -0.1) is 10.2 Å². The fourth-order valence-corrected chi connectivity index (χ4v) is 5.48. The first-order valence-corrected chi connectivity index (χ1v) is 15.5. The highest BCUT2D eigenvalue weighted by molar-refractivity contribution is 5.95. The van der Waals surface area contributed by atoms with Crippen molar-refractivity contribution in [3.63, 3.8) is 0 Å². The average molecular weight is 617 g/mol. The second-order valence-electron chi connectivity index (χ2n) is 10.8. The number of hydrogen-bond donors (Lipinski definition) is 1. The van der Waals surface area contributed by atoms with E-state index >= 15 is 0 Å². The fraction of sp³-hybridized carbons (Fsp3) is 0.0732. The lowest BCUT2D eigenvalue weighted by Crippen LogP contribution is -2.46. The number of aromatic nitrogens is 2. The van der Waals surface area contributed by atoms with Gasteiger partial charge in [0, 0.05) is 11.1 Å². The van der Waals surface area contributed by atoms with Crippen molar-refractivity contribution in [1.29, 1.82) is 0 Å². The molecule has 232 valence electrons. The molecular weight excluding hydrogens is 580 g/mol. The Labute approximate surface area is 276 Å². The van der Waals surface area contributed by atoms with Crippen molar-refractivity contribution in [2.45, 2.75) is 19.1 Å². The minimum absolute atomic E-state index is 0.0671. The van der Waals surface area contributed by atoms with Gasteiger partial charge < -0.3 is 20.1 Å². The Balaban J connectivity index is 0.000000233. The van der Waals surface area contributed by atoms with Crippen molar-refractivity contribution in [2.24, 2.45) is 0 Å². The third kappa shape index (κ3) is 7.08. The molecule has 0 saturated heterocycles. The molecule has 6 heteroatoms. The van der Waals surface area contributed by atoms with Crippen LogP contribution < -0.4 is 20.1 Å². The number of fused-ring (bicyclic) bond motifs is 2. The average Bonchev–Trinajstić information content (AvgIpc) is 3.12. The quantitative estimate of drug-likeness (QED) is 0.145. The van der Waals surface area contributed by atoms with Crippen molar-refractivity contribution in [3.05, 3.63) is 176 Å². The number of hydrogen-bond acceptors (Lipinski definition) is 6. The van der Waals surface area contributed by atoms with E-state index in [1.54, 1.807) is 0 Å². The summed E-state index contributed by atoms with van der Waals surface area (Å²) in [6.45, 7) is 5.74. The summed E-state index contributed by atoms with van der Waals surface area (Å²) in [7, 11) is 0. The molecule has 4 aromatic carbocycles. The molecule has 5 aromatic rings. The first kappa shape index (κ1) is 30.9. The zero-order chi connectivity index (χ0) is 32.4. The number of benzene rings is 4. The predicted octanol–water partition coefficient (Wildman–Crippen LogP) is 9.50. The smallest absolute Gasteiger partial charge is 0.144 e. The standard InChI is InChI=1S/C28H22N4O.C13H14O/c29-25-26(19-11-3-1-4-12-19)30-31-27(20-13-5-2-6-14-20)28(25)32-21-15-7-9-17-23(21)33-24-18-10-8-16-22(24)32;1-3-4-6-9-12(2)14-13-10-7-5-8-11-13/h1-18,21,23H,(H2,29,31);3-11H,2H2,1H3/b;4-3-,9-6-. The lowest BCUT2D eigenvalue weighted by atomic mass is 9.96. The van der Waals surface area contributed by atoms with E-state index in [2.05, 4.69) is 40.9 Å². The zero-order valence-corrected chi connectivity index (χ0v) is 26.2. The number of ether oxygens (including phenoxy) is 2. The topological polar surface area (TPSA) is 73.5 Å². The van der Waals surface area contributed by atoms with Crippen LogP contribution >= 0.6 is 0 Å². The van der Waals surface area contributed by atoms with Crippen molar-refractivity contribution in [2.75, 3.05) is 10.6 Å². The molecule has 1 aliphatic heterocycles. The molecule has 2 unspecified atom stereocenters. The molecule has 1 aliphatic carbocycles. The molecule has 0 spiro atoms. The van der Waals surface area contributed by atoms with Gasteiger partial charge in [0.1, 0.15) is 34.8 Å². The summed E-state index contributed by atoms with van der Waals surface area (Å²) in [6.07, 6.45) is 15.8. The van der Waals surface area contributed by atoms with Crippen molar-refractivity contribution < 1.29 is 9.47 Å². The van der Waals surface area contributed by atoms with E-state index in [9.17, 15) is 0 Å². The lowest BCUT2D eigenvalue weighted by molar-refractivity contribution is 0.218. The number of nitrogens with two attached hydrogens (primary N) is 1. The van der Waals surface area contributed by atoms with Gasteiger partial charge in [-0.05, 0) is 43.3 Å². The second kappa shape index (κ2) is 14.8. The predicted molar refractivity (Wildman–Crippen MR) is 193 cm³/mol. The SMILES string of the molecule is C=C(/C=C\C=C/C)Oc1ccccc1.Nc1c(-c2ccccc2)nnc(-c2ccccc2)c1N1c2ccccc2OC2C=CC=CC21. The monoisotopic (exact) mass is 616 g/mol. The molecule has 47 heavy (non-hydrogen) atoms. The van der Waals surface area contributed by atoms with E-state index in [0.29, 0.717) is 17.1 Å². The fourth-order valence-electron chi connectivity index (χ4n) is 5.48. The minimum Gasteiger partial charge on any atom is -0.482 e. The Bertz CT molecular complexity index is 1930. The normalized spacial score (nSPS) is 16.1. The maximum Gasteiger partial charge on any atom is 0.144 e. The van der Waals surface area contributed by atoms with E-state index in [1.165, 1.54) is 0 Å². The highest BCUT2D eigenvalue weighted by Crippen LogP contribution is 2.48. The second-order valence-corrected chi connectivity index (χ2v) is 10.8. The molecule has 0 bridgehead atoms. The summed E-state index contributed by atoms with van der Waals surface area (Å²) in [6, 6.07) is 37.6. The first-order valence-electron chi connectivity index (χ1n) is 15.5. The molecule has 0 radical (unpaired) electrons. The van der Waals surface area contributed by atoms with E-state index in [1.807, 2.05) is 146 Å². The minimum atomic E-state index is -0.138. The van der Waals surface area contributed by atoms with Gasteiger partial charge in [0.15, 0.2) is 0 Å². The summed E-state index contributed by atoms with van der Waals surface area (Å²) in [5.74, 6) is 2.26. The molecule has 1 aromatic heterocycles. The van der Waals surface area contributed by atoms with Crippen LogP contribution in [0.4, 0.5) is 17.1 Å². The number of rotatable bonds is 7. The molecule has 2 heterocycles. The molecule has 2 atom stereocenters. The number of anilines is 3. The van der Waals surface area contributed by atoms with E-state index < -0.39 is 0 Å². The van der Waals surface area contributed by atoms with Crippen LogP contribution in [0.1, 0.15) is 6.92 Å². The number of allylic oxidation sites excluding steroid dienone is 6. The molecule has 2 N–H and O–H groups in total. The van der Waals surface area contributed by atoms with Crippen molar-refractivity contribution in [3.8, 4) is 34.0 Å². The molecule has 0 fully saturated rings. The van der Waals surface area contributed by atoms with Gasteiger partial charge in [0.25, 0.3) is 0 Å². The molecule has 2 aliphatic rings. The van der Waals surface area contributed by atoms with Gasteiger partial charge in [-0.25, -0.2) is 0 Å². The Kier molecular flexibility index (Phi) is 9.69. The van der Waals surface area contributed by atoms with Gasteiger partial charge in [-0.2, -0.15) is 0 Å². The van der Waals surface area contributed by atoms with E-state index in [-0.39, 0.29) is 12.1 Å². The molecule has 0 saturated carbocycles. The van der Waals surface area contributed by atoms with Gasteiger partial charge >= 0.3 is 0 Å². The first-order chi connectivity index (χ1) is 23.1. The van der Waals surface area contributed by atoms with Crippen LogP contribution in [0.2, 0.25) is 0 Å². The highest BCUT2D eigenvalue weighted by Gasteiger charge is 2.38. The Morgan fingerprint density at radius 2 is 1.36 bits per heavy atom. The maximum absolute atomic E-state index is 6.94. The molecule has 6 nitrogen and oxygen atoms in total. The summed E-state index contributed by atoms with van der Waals surface area (Å²) in [5.41, 5.74) is 12.6. The van der Waals surface area contributed by atoms with Crippen molar-refractivity contribution >= 4 is 17.1 Å². The van der Waals surface area contributed by atoms with E-state index in [4.69, 9.17) is 20.3 Å². The van der Waals surface area contributed by atoms with Gasteiger partial charge in [-0.1, -0.05) is 134 Å². The maximum atomic E-state index is 6.94. The lowest BCUT2D eigenvalue weighted by Gasteiger charge is -2.43. The van der Waals surface area contributed by atoms with Crippen molar-refractivity contribution in [1.82, 2.24) is 10.2 Å². The molecule has 0 amide bonds. The van der Waals surface area contributed by atoms with Crippen LogP contribution in [0.3, 0.4) is 0 Å². The summed E-state index contributed by atoms with van der Waals surface area (Å²) < 4.78 is 11.8. The number of nitrogens with zero attached hydrogens (tertiary/aromatic N) is 3. The third-order valence-electron chi connectivity index (χ3n) is 7.64. The summed E-state index contributed by atoms with van der Waals surface area (Å²) in [4.78, 5) is 2.25. The molecule has 7 rings (SSSR count). The summed E-state index contributed by atoms with van der Waals surface area (Å²) >= 11 is 0. The van der Waals surface area contributed by atoms with Crippen LogP contribution in [0, 0.1) is 0 Å². The van der Waals surface area contributed by atoms with Gasteiger partial charge in [-0.3, -0.25) is 0 Å². The summed E-state index contributed by atoms with van der Waals surface area (Å²) in [5, 5.41) is 9.29. The van der Waals surface area contributed by atoms with Crippen LogP contribution in [0.15, 0.2) is 176 Å². The number of nitrogen functional groups attached to an aromatic ring is 1. The Hall–Kier alpha value is -6.14. The largest absolute Gasteiger partial charge is 0.482 e.